The number of nitrogens with one attached hydrogen (secondary N) is 1. The number of aromatic nitrogens is 1. The van der Waals surface area contributed by atoms with Crippen molar-refractivity contribution in [3.05, 3.63) is 53.5 Å². The number of carbonyl (C=O) groups excluding carboxylic acids is 1. The van der Waals surface area contributed by atoms with Crippen LogP contribution in [-0.2, 0) is 15.6 Å². The van der Waals surface area contributed by atoms with Gasteiger partial charge in [-0.15, -0.1) is 0 Å². The van der Waals surface area contributed by atoms with Gasteiger partial charge in [0.1, 0.15) is 5.82 Å². The molecule has 5 rings (SSSR count). The van der Waals surface area contributed by atoms with Crippen LogP contribution in [0.4, 0.5) is 10.1 Å². The van der Waals surface area contributed by atoms with Crippen molar-refractivity contribution in [1.29, 1.82) is 0 Å². The molecule has 0 radical (unpaired) electrons. The van der Waals surface area contributed by atoms with Crippen LogP contribution >= 0.6 is 0 Å². The molecule has 0 atom stereocenters. The minimum absolute atomic E-state index is 0.0827. The molecule has 2 aliphatic rings. The molecule has 5 nitrogen and oxygen atoms in total. The molecule has 1 aliphatic carbocycles. The molecular weight excluding hydrogens is 407 g/mol. The molecule has 0 unspecified atom stereocenters. The van der Waals surface area contributed by atoms with E-state index in [0.29, 0.717) is 11.5 Å². The predicted molar refractivity (Wildman–Crippen MR) is 123 cm³/mol. The highest BCUT2D eigenvalue weighted by atomic mass is 19.1. The van der Waals surface area contributed by atoms with Gasteiger partial charge in [-0.25, -0.2) is 4.39 Å². The van der Waals surface area contributed by atoms with Crippen LogP contribution in [0.1, 0.15) is 64.8 Å². The number of amides is 1. The lowest BCUT2D eigenvalue weighted by molar-refractivity contribution is -0.118. The highest BCUT2D eigenvalue weighted by Gasteiger charge is 2.52. The zero-order valence-electron chi connectivity index (χ0n) is 19.2. The van der Waals surface area contributed by atoms with Crippen molar-refractivity contribution in [2.24, 2.45) is 0 Å². The van der Waals surface area contributed by atoms with E-state index in [-0.39, 0.29) is 29.8 Å². The van der Waals surface area contributed by atoms with Crippen molar-refractivity contribution in [1.82, 2.24) is 4.57 Å². The van der Waals surface area contributed by atoms with E-state index in [1.165, 1.54) is 0 Å². The first-order valence-electron chi connectivity index (χ1n) is 11.2. The Hall–Kier alpha value is -3.02. The minimum Gasteiger partial charge on any atom is -0.454 e. The summed E-state index contributed by atoms with van der Waals surface area (Å²) in [6, 6.07) is 11.2. The van der Waals surface area contributed by atoms with E-state index < -0.39 is 11.2 Å². The Labute approximate surface area is 187 Å². The smallest absolute Gasteiger partial charge is 0.235 e. The number of anilines is 1. The highest BCUT2D eigenvalue weighted by Crippen LogP contribution is 2.51. The van der Waals surface area contributed by atoms with E-state index in [2.05, 4.69) is 50.6 Å². The molecule has 0 bridgehead atoms. The summed E-state index contributed by atoms with van der Waals surface area (Å²) in [5.41, 5.74) is 2.35. The number of hydrogen-bond acceptors (Lipinski definition) is 3. The Morgan fingerprint density at radius 3 is 2.47 bits per heavy atom. The number of fused-ring (bicyclic) bond motifs is 2. The molecule has 3 aromatic rings. The van der Waals surface area contributed by atoms with Crippen molar-refractivity contribution in [2.75, 3.05) is 12.1 Å². The average molecular weight is 437 g/mol. The third-order valence-corrected chi connectivity index (χ3v) is 6.57. The molecule has 32 heavy (non-hydrogen) atoms. The summed E-state index contributed by atoms with van der Waals surface area (Å²) < 4.78 is 28.2. The molecule has 2 aromatic carbocycles. The summed E-state index contributed by atoms with van der Waals surface area (Å²) in [5.74, 6) is 0.728. The molecule has 0 spiro atoms. The Balaban J connectivity index is 1.49. The third-order valence-electron chi connectivity index (χ3n) is 6.57. The number of carbonyl (C=O) groups is 1. The zero-order valence-corrected chi connectivity index (χ0v) is 19.2. The number of hydrogen-bond donors (Lipinski definition) is 1. The van der Waals surface area contributed by atoms with Crippen LogP contribution in [0.3, 0.4) is 0 Å². The molecule has 2 heterocycles. The Kier molecular flexibility index (Phi) is 4.56. The quantitative estimate of drug-likeness (QED) is 0.541. The number of ether oxygens (including phenoxy) is 2. The molecule has 168 valence electrons. The maximum Gasteiger partial charge on any atom is 0.235 e. The van der Waals surface area contributed by atoms with E-state index in [4.69, 9.17) is 9.47 Å². The molecule has 1 fully saturated rings. The van der Waals surface area contributed by atoms with Crippen molar-refractivity contribution < 1.29 is 18.7 Å². The summed E-state index contributed by atoms with van der Waals surface area (Å²) in [6.45, 7) is 10.9. The molecule has 1 aromatic heterocycles. The first-order chi connectivity index (χ1) is 15.1. The van der Waals surface area contributed by atoms with E-state index in [9.17, 15) is 4.79 Å². The number of rotatable bonds is 4. The number of nitrogens with zero attached hydrogens (tertiary/aromatic N) is 1. The topological polar surface area (TPSA) is 52.5 Å². The van der Waals surface area contributed by atoms with Gasteiger partial charge in [-0.2, -0.15) is 0 Å². The van der Waals surface area contributed by atoms with Gasteiger partial charge >= 0.3 is 0 Å². The standard InChI is InChI=1S/C26H29FN2O3/c1-15(2)29-20-13-18(27)19(10-16(20)11-23(29)25(3,4)5)28-24(30)26(8-9-26)17-6-7-21-22(12-17)32-14-31-21/h6-7,10-13,15H,8-9,14H2,1-5H3,(H,28,30). The first kappa shape index (κ1) is 20.9. The van der Waals surface area contributed by atoms with Gasteiger partial charge in [-0.3, -0.25) is 4.79 Å². The van der Waals surface area contributed by atoms with Gasteiger partial charge in [0.05, 0.1) is 16.6 Å². The normalized spacial score (nSPS) is 16.6. The van der Waals surface area contributed by atoms with Crippen LogP contribution in [-0.4, -0.2) is 17.3 Å². The molecule has 0 saturated heterocycles. The second-order valence-electron chi connectivity index (χ2n) is 10.2. The van der Waals surface area contributed by atoms with Crippen LogP contribution in [0, 0.1) is 5.82 Å². The van der Waals surface area contributed by atoms with E-state index in [1.54, 1.807) is 12.1 Å². The largest absolute Gasteiger partial charge is 0.454 e. The van der Waals surface area contributed by atoms with Crippen molar-refractivity contribution >= 4 is 22.5 Å². The Morgan fingerprint density at radius 2 is 1.81 bits per heavy atom. The van der Waals surface area contributed by atoms with E-state index in [0.717, 1.165) is 35.0 Å². The van der Waals surface area contributed by atoms with Gasteiger partial charge in [-0.05, 0) is 56.5 Å². The van der Waals surface area contributed by atoms with Gasteiger partial charge in [0.2, 0.25) is 12.7 Å². The molecular formula is C26H29FN2O3. The van der Waals surface area contributed by atoms with Crippen molar-refractivity contribution in [3.63, 3.8) is 0 Å². The lowest BCUT2D eigenvalue weighted by Crippen LogP contribution is -2.28. The second kappa shape index (κ2) is 6.99. The minimum atomic E-state index is -0.650. The number of halogens is 1. The molecule has 1 N–H and O–H groups in total. The zero-order chi connectivity index (χ0) is 22.8. The van der Waals surface area contributed by atoms with E-state index >= 15 is 4.39 Å². The fourth-order valence-corrected chi connectivity index (χ4v) is 4.69. The van der Waals surface area contributed by atoms with E-state index in [1.807, 2.05) is 18.2 Å². The van der Waals surface area contributed by atoms with Crippen LogP contribution < -0.4 is 14.8 Å². The molecule has 1 saturated carbocycles. The Morgan fingerprint density at radius 1 is 1.09 bits per heavy atom. The van der Waals surface area contributed by atoms with Gasteiger partial charge in [-0.1, -0.05) is 26.8 Å². The summed E-state index contributed by atoms with van der Waals surface area (Å²) in [5, 5.41) is 3.80. The average Bonchev–Trinajstić information content (AvgIpc) is 3.24. The highest BCUT2D eigenvalue weighted by molar-refractivity contribution is 6.02. The maximum absolute atomic E-state index is 15.2. The van der Waals surface area contributed by atoms with Crippen molar-refractivity contribution in [3.8, 4) is 11.5 Å². The molecule has 1 aliphatic heterocycles. The Bertz CT molecular complexity index is 1230. The summed E-state index contributed by atoms with van der Waals surface area (Å²) in [6.07, 6.45) is 1.44. The van der Waals surface area contributed by atoms with Gasteiger partial charge < -0.3 is 19.4 Å². The van der Waals surface area contributed by atoms with Gasteiger partial charge in [0.15, 0.2) is 11.5 Å². The fraction of sp³-hybridized carbons (Fsp3) is 0.423. The first-order valence-corrected chi connectivity index (χ1v) is 11.2. The summed E-state index contributed by atoms with van der Waals surface area (Å²) in [7, 11) is 0. The van der Waals surface area contributed by atoms with Crippen LogP contribution in [0.5, 0.6) is 11.5 Å². The van der Waals surface area contributed by atoms with Gasteiger partial charge in [0.25, 0.3) is 0 Å². The summed E-state index contributed by atoms with van der Waals surface area (Å²) in [4.78, 5) is 13.3. The second-order valence-corrected chi connectivity index (χ2v) is 10.2. The van der Waals surface area contributed by atoms with Crippen LogP contribution in [0.25, 0.3) is 10.9 Å². The summed E-state index contributed by atoms with van der Waals surface area (Å²) >= 11 is 0. The number of benzene rings is 2. The van der Waals surface area contributed by atoms with Crippen molar-refractivity contribution in [2.45, 2.75) is 64.3 Å². The van der Waals surface area contributed by atoms with Gasteiger partial charge in [0, 0.05) is 28.6 Å². The monoisotopic (exact) mass is 436 g/mol. The SMILES string of the molecule is CC(C)n1c(C(C)(C)C)cc2cc(NC(=O)C3(c4ccc5c(c4)OCO5)CC3)c(F)cc21. The predicted octanol–water partition coefficient (Wildman–Crippen LogP) is 6.06. The van der Waals surface area contributed by atoms with Crippen LogP contribution in [0.2, 0.25) is 0 Å². The molecule has 1 amide bonds. The molecule has 6 heteroatoms. The van der Waals surface area contributed by atoms with Crippen LogP contribution in [0.15, 0.2) is 36.4 Å². The fourth-order valence-electron chi connectivity index (χ4n) is 4.69. The maximum atomic E-state index is 15.2. The lowest BCUT2D eigenvalue weighted by atomic mass is 9.91. The third kappa shape index (κ3) is 3.24. The lowest BCUT2D eigenvalue weighted by Gasteiger charge is -2.24.